The maximum atomic E-state index is 11.1. The van der Waals surface area contributed by atoms with Crippen molar-refractivity contribution in [3.63, 3.8) is 0 Å². The standard InChI is InChI=1S/2C9H12N2O/c2*1-11(2)9(12)10-8-6-4-3-5-7-8/h2*3-7H,1-2H3,(H,10,12). The van der Waals surface area contributed by atoms with Crippen LogP contribution in [0.5, 0.6) is 0 Å². The maximum absolute atomic E-state index is 11.1. The second kappa shape index (κ2) is 9.89. The fourth-order valence-corrected chi connectivity index (χ4v) is 1.51. The van der Waals surface area contributed by atoms with Crippen molar-refractivity contribution in [2.45, 2.75) is 0 Å². The predicted molar refractivity (Wildman–Crippen MR) is 98.3 cm³/mol. The summed E-state index contributed by atoms with van der Waals surface area (Å²) in [6.07, 6.45) is 0. The third-order valence-electron chi connectivity index (χ3n) is 2.86. The smallest absolute Gasteiger partial charge is 0.321 e. The van der Waals surface area contributed by atoms with Crippen molar-refractivity contribution in [2.24, 2.45) is 0 Å². The second-order valence-corrected chi connectivity index (χ2v) is 5.38. The number of nitrogens with one attached hydrogen (secondary N) is 2. The number of benzene rings is 2. The molecule has 0 aliphatic carbocycles. The van der Waals surface area contributed by atoms with Crippen LogP contribution in [0.2, 0.25) is 0 Å². The van der Waals surface area contributed by atoms with Crippen LogP contribution in [-0.2, 0) is 0 Å². The van der Waals surface area contributed by atoms with Gasteiger partial charge in [-0.2, -0.15) is 0 Å². The van der Waals surface area contributed by atoms with Crippen molar-refractivity contribution in [2.75, 3.05) is 38.8 Å². The Hall–Kier alpha value is -3.02. The number of para-hydroxylation sites is 2. The number of carbonyl (C=O) groups is 2. The lowest BCUT2D eigenvalue weighted by Crippen LogP contribution is -2.27. The summed E-state index contributed by atoms with van der Waals surface area (Å²) in [6.45, 7) is 0. The van der Waals surface area contributed by atoms with Gasteiger partial charge in [0.15, 0.2) is 0 Å². The van der Waals surface area contributed by atoms with E-state index in [0.29, 0.717) is 0 Å². The summed E-state index contributed by atoms with van der Waals surface area (Å²) >= 11 is 0. The van der Waals surface area contributed by atoms with Gasteiger partial charge >= 0.3 is 12.1 Å². The van der Waals surface area contributed by atoms with Gasteiger partial charge in [0.2, 0.25) is 0 Å². The third-order valence-corrected chi connectivity index (χ3v) is 2.86. The monoisotopic (exact) mass is 328 g/mol. The second-order valence-electron chi connectivity index (χ2n) is 5.38. The third kappa shape index (κ3) is 7.31. The molecule has 2 aromatic rings. The highest BCUT2D eigenvalue weighted by molar-refractivity contribution is 5.89. The SMILES string of the molecule is CN(C)C(=O)Nc1ccccc1.CN(C)C(=O)Nc1ccccc1. The van der Waals surface area contributed by atoms with Crippen LogP contribution in [0.1, 0.15) is 0 Å². The molecular weight excluding hydrogens is 304 g/mol. The molecule has 0 fully saturated rings. The van der Waals surface area contributed by atoms with Gasteiger partial charge in [-0.1, -0.05) is 36.4 Å². The molecule has 24 heavy (non-hydrogen) atoms. The molecule has 0 spiro atoms. The Kier molecular flexibility index (Phi) is 7.84. The van der Waals surface area contributed by atoms with Gasteiger partial charge in [-0.3, -0.25) is 0 Å². The molecule has 0 heterocycles. The van der Waals surface area contributed by atoms with E-state index in [0.717, 1.165) is 11.4 Å². The lowest BCUT2D eigenvalue weighted by molar-refractivity contribution is 0.230. The number of hydrogen-bond acceptors (Lipinski definition) is 2. The largest absolute Gasteiger partial charge is 0.331 e. The Labute approximate surface area is 143 Å². The lowest BCUT2D eigenvalue weighted by Gasteiger charge is -2.11. The van der Waals surface area contributed by atoms with E-state index >= 15 is 0 Å². The van der Waals surface area contributed by atoms with Crippen LogP contribution in [0.3, 0.4) is 0 Å². The van der Waals surface area contributed by atoms with E-state index in [4.69, 9.17) is 0 Å². The van der Waals surface area contributed by atoms with Gasteiger partial charge in [-0.25, -0.2) is 9.59 Å². The van der Waals surface area contributed by atoms with E-state index in [1.54, 1.807) is 28.2 Å². The summed E-state index contributed by atoms with van der Waals surface area (Å²) in [5.74, 6) is 0. The highest BCUT2D eigenvalue weighted by Crippen LogP contribution is 2.05. The summed E-state index contributed by atoms with van der Waals surface area (Å²) in [5.41, 5.74) is 1.63. The molecule has 2 aromatic carbocycles. The minimum absolute atomic E-state index is 0.110. The van der Waals surface area contributed by atoms with E-state index < -0.39 is 0 Å². The number of rotatable bonds is 2. The predicted octanol–water partition coefficient (Wildman–Crippen LogP) is 3.56. The van der Waals surface area contributed by atoms with Crippen molar-refractivity contribution in [1.82, 2.24) is 9.80 Å². The first-order valence-corrected chi connectivity index (χ1v) is 7.47. The van der Waals surface area contributed by atoms with E-state index in [1.165, 1.54) is 9.80 Å². The number of amides is 4. The highest BCUT2D eigenvalue weighted by Gasteiger charge is 2.02. The van der Waals surface area contributed by atoms with Crippen molar-refractivity contribution in [1.29, 1.82) is 0 Å². The molecule has 0 saturated heterocycles. The number of urea groups is 2. The van der Waals surface area contributed by atoms with E-state index in [2.05, 4.69) is 10.6 Å². The number of anilines is 2. The fraction of sp³-hybridized carbons (Fsp3) is 0.222. The number of hydrogen-bond donors (Lipinski definition) is 2. The molecule has 6 heteroatoms. The van der Waals surface area contributed by atoms with Crippen molar-refractivity contribution < 1.29 is 9.59 Å². The van der Waals surface area contributed by atoms with Crippen molar-refractivity contribution in [3.8, 4) is 0 Å². The molecule has 6 nitrogen and oxygen atoms in total. The van der Waals surface area contributed by atoms with Crippen LogP contribution in [0, 0.1) is 0 Å². The molecule has 0 atom stereocenters. The summed E-state index contributed by atoms with van der Waals surface area (Å²) in [7, 11) is 6.83. The van der Waals surface area contributed by atoms with Crippen LogP contribution >= 0.6 is 0 Å². The van der Waals surface area contributed by atoms with Crippen LogP contribution in [0.25, 0.3) is 0 Å². The first-order valence-electron chi connectivity index (χ1n) is 7.47. The number of carbonyl (C=O) groups excluding carboxylic acids is 2. The lowest BCUT2D eigenvalue weighted by atomic mass is 10.3. The Morgan fingerprint density at radius 1 is 0.625 bits per heavy atom. The van der Waals surface area contributed by atoms with Crippen LogP contribution in [0.4, 0.5) is 21.0 Å². The van der Waals surface area contributed by atoms with Crippen LogP contribution in [0.15, 0.2) is 60.7 Å². The molecule has 128 valence electrons. The molecular formula is C18H24N4O2. The summed E-state index contributed by atoms with van der Waals surface area (Å²) in [6, 6.07) is 18.5. The molecule has 0 aliphatic heterocycles. The Morgan fingerprint density at radius 2 is 0.917 bits per heavy atom. The molecule has 0 aliphatic rings. The fourth-order valence-electron chi connectivity index (χ4n) is 1.51. The highest BCUT2D eigenvalue weighted by atomic mass is 16.2. The summed E-state index contributed by atoms with van der Waals surface area (Å²) < 4.78 is 0. The molecule has 0 radical (unpaired) electrons. The molecule has 0 saturated carbocycles. The molecule has 2 N–H and O–H groups in total. The number of nitrogens with zero attached hydrogens (tertiary/aromatic N) is 2. The molecule has 0 aromatic heterocycles. The van der Waals surface area contributed by atoms with Gasteiger partial charge in [0.25, 0.3) is 0 Å². The van der Waals surface area contributed by atoms with Crippen molar-refractivity contribution in [3.05, 3.63) is 60.7 Å². The van der Waals surface area contributed by atoms with Gasteiger partial charge in [0.1, 0.15) is 0 Å². The van der Waals surface area contributed by atoms with Gasteiger partial charge in [0, 0.05) is 39.6 Å². The minimum Gasteiger partial charge on any atom is -0.331 e. The van der Waals surface area contributed by atoms with E-state index in [1.807, 2.05) is 60.7 Å². The minimum atomic E-state index is -0.110. The average molecular weight is 328 g/mol. The van der Waals surface area contributed by atoms with Crippen LogP contribution < -0.4 is 10.6 Å². The Bertz CT molecular complexity index is 570. The summed E-state index contributed by atoms with van der Waals surface area (Å²) in [4.78, 5) is 25.2. The van der Waals surface area contributed by atoms with Gasteiger partial charge in [-0.15, -0.1) is 0 Å². The average Bonchev–Trinajstić information content (AvgIpc) is 2.57. The quantitative estimate of drug-likeness (QED) is 0.885. The molecule has 2 rings (SSSR count). The maximum Gasteiger partial charge on any atom is 0.321 e. The zero-order valence-corrected chi connectivity index (χ0v) is 14.5. The first kappa shape index (κ1) is 19.0. The zero-order chi connectivity index (χ0) is 17.9. The van der Waals surface area contributed by atoms with Crippen LogP contribution in [-0.4, -0.2) is 50.1 Å². The molecule has 0 bridgehead atoms. The van der Waals surface area contributed by atoms with Gasteiger partial charge < -0.3 is 20.4 Å². The first-order chi connectivity index (χ1) is 11.4. The zero-order valence-electron chi connectivity index (χ0n) is 14.5. The van der Waals surface area contributed by atoms with E-state index in [9.17, 15) is 9.59 Å². The van der Waals surface area contributed by atoms with E-state index in [-0.39, 0.29) is 12.1 Å². The van der Waals surface area contributed by atoms with Crippen molar-refractivity contribution >= 4 is 23.4 Å². The summed E-state index contributed by atoms with van der Waals surface area (Å²) in [5, 5.41) is 5.46. The topological polar surface area (TPSA) is 64.7 Å². The van der Waals surface area contributed by atoms with Gasteiger partial charge in [0.05, 0.1) is 0 Å². The Morgan fingerprint density at radius 3 is 1.17 bits per heavy atom. The molecule has 0 unspecified atom stereocenters. The van der Waals surface area contributed by atoms with Gasteiger partial charge in [-0.05, 0) is 24.3 Å². The molecule has 4 amide bonds. The Balaban J connectivity index is 0.000000240. The normalized spacial score (nSPS) is 9.17.